The van der Waals surface area contributed by atoms with Crippen molar-refractivity contribution in [2.24, 2.45) is 0 Å². The van der Waals surface area contributed by atoms with Crippen LogP contribution in [0.25, 0.3) is 0 Å². The number of nitrogens with one attached hydrogen (secondary N) is 1. The number of nitrogens with zero attached hydrogens (tertiary/aromatic N) is 2. The van der Waals surface area contributed by atoms with Crippen LogP contribution in [0.4, 0.5) is 4.39 Å². The number of hydrogen-bond donors (Lipinski definition) is 1. The fourth-order valence-corrected chi connectivity index (χ4v) is 2.42. The average molecular weight is 353 g/mol. The van der Waals surface area contributed by atoms with E-state index in [9.17, 15) is 9.18 Å². The molecule has 25 heavy (non-hydrogen) atoms. The summed E-state index contributed by atoms with van der Waals surface area (Å²) in [5, 5.41) is 4.43. The van der Waals surface area contributed by atoms with Crippen LogP contribution in [0.2, 0.25) is 0 Å². The van der Waals surface area contributed by atoms with Gasteiger partial charge in [0.1, 0.15) is 5.82 Å². The minimum absolute atomic E-state index is 0.00863. The number of hydroxylamine groups is 2. The minimum Gasteiger partial charge on any atom is -0.383 e. The van der Waals surface area contributed by atoms with Gasteiger partial charge in [-0.3, -0.25) is 9.63 Å². The topological polar surface area (TPSA) is 54.0 Å². The molecule has 1 amide bonds. The van der Waals surface area contributed by atoms with Crippen molar-refractivity contribution in [1.29, 1.82) is 0 Å². The molecule has 0 aliphatic heterocycles. The molecule has 0 fully saturated rings. The number of halogens is 1. The van der Waals surface area contributed by atoms with Crippen LogP contribution < -0.4 is 5.32 Å². The van der Waals surface area contributed by atoms with Crippen LogP contribution in [0.3, 0.4) is 0 Å². The Labute approximate surface area is 149 Å². The Morgan fingerprint density at radius 3 is 2.72 bits per heavy atom. The van der Waals surface area contributed by atoms with E-state index in [1.807, 2.05) is 11.8 Å². The number of rotatable bonds is 11. The fraction of sp³-hybridized carbons (Fsp3) is 0.500. The van der Waals surface area contributed by atoms with Gasteiger partial charge in [-0.1, -0.05) is 6.58 Å². The zero-order valence-corrected chi connectivity index (χ0v) is 15.4. The SMILES string of the molecule is C=CN(CC)C[C@H](COC)NCc1cc(F)ccc1C(=O)N(C)OC. The van der Waals surface area contributed by atoms with Crippen molar-refractivity contribution in [2.45, 2.75) is 19.5 Å². The maximum absolute atomic E-state index is 13.7. The predicted octanol–water partition coefficient (Wildman–Crippen LogP) is 2.03. The molecule has 1 aromatic carbocycles. The number of benzene rings is 1. The molecule has 0 bridgehead atoms. The number of hydrogen-bond acceptors (Lipinski definition) is 5. The summed E-state index contributed by atoms with van der Waals surface area (Å²) in [6, 6.07) is 4.11. The first-order valence-corrected chi connectivity index (χ1v) is 8.16. The summed E-state index contributed by atoms with van der Waals surface area (Å²) >= 11 is 0. The number of carbonyl (C=O) groups is 1. The molecule has 1 N–H and O–H groups in total. The van der Waals surface area contributed by atoms with Gasteiger partial charge in [0.05, 0.1) is 13.7 Å². The molecule has 1 atom stereocenters. The van der Waals surface area contributed by atoms with Gasteiger partial charge in [0.2, 0.25) is 0 Å². The number of carbonyl (C=O) groups excluding carboxylic acids is 1. The summed E-state index contributed by atoms with van der Waals surface area (Å²) in [4.78, 5) is 19.3. The third-order valence-corrected chi connectivity index (χ3v) is 3.93. The smallest absolute Gasteiger partial charge is 0.277 e. The zero-order valence-electron chi connectivity index (χ0n) is 15.4. The van der Waals surface area contributed by atoms with E-state index in [0.29, 0.717) is 30.8 Å². The number of methoxy groups -OCH3 is 1. The summed E-state index contributed by atoms with van der Waals surface area (Å²) in [5.41, 5.74) is 0.960. The molecule has 0 heterocycles. The van der Waals surface area contributed by atoms with Gasteiger partial charge in [0.15, 0.2) is 0 Å². The lowest BCUT2D eigenvalue weighted by Crippen LogP contribution is -2.42. The van der Waals surface area contributed by atoms with E-state index in [1.165, 1.54) is 32.4 Å². The minimum atomic E-state index is -0.391. The van der Waals surface area contributed by atoms with Crippen LogP contribution in [0, 0.1) is 5.82 Å². The summed E-state index contributed by atoms with van der Waals surface area (Å²) < 4.78 is 18.9. The highest BCUT2D eigenvalue weighted by Gasteiger charge is 2.18. The van der Waals surface area contributed by atoms with Crippen LogP contribution in [0.1, 0.15) is 22.8 Å². The van der Waals surface area contributed by atoms with Crippen molar-refractivity contribution < 1.29 is 18.8 Å². The zero-order chi connectivity index (χ0) is 18.8. The molecule has 1 aromatic rings. The fourth-order valence-electron chi connectivity index (χ4n) is 2.42. The first kappa shape index (κ1) is 21.1. The Hall–Kier alpha value is -1.96. The van der Waals surface area contributed by atoms with E-state index in [4.69, 9.17) is 9.57 Å². The van der Waals surface area contributed by atoms with Gasteiger partial charge in [0, 0.05) is 45.4 Å². The quantitative estimate of drug-likeness (QED) is 0.617. The summed E-state index contributed by atoms with van der Waals surface area (Å²) in [5.74, 6) is -0.721. The molecule has 140 valence electrons. The van der Waals surface area contributed by atoms with Gasteiger partial charge in [-0.15, -0.1) is 0 Å². The molecule has 0 aliphatic carbocycles. The Bertz CT molecular complexity index is 568. The molecule has 0 saturated carbocycles. The van der Waals surface area contributed by atoms with E-state index in [0.717, 1.165) is 11.6 Å². The van der Waals surface area contributed by atoms with Crippen molar-refractivity contribution in [2.75, 3.05) is 41.0 Å². The lowest BCUT2D eigenvalue weighted by Gasteiger charge is -2.26. The molecular weight excluding hydrogens is 325 g/mol. The second-order valence-corrected chi connectivity index (χ2v) is 5.59. The van der Waals surface area contributed by atoms with Crippen LogP contribution in [0.5, 0.6) is 0 Å². The third kappa shape index (κ3) is 6.45. The third-order valence-electron chi connectivity index (χ3n) is 3.93. The van der Waals surface area contributed by atoms with Gasteiger partial charge in [-0.25, -0.2) is 9.45 Å². The molecule has 1 rings (SSSR count). The summed E-state index contributed by atoms with van der Waals surface area (Å²) in [7, 11) is 4.55. The Kier molecular flexibility index (Phi) is 9.12. The van der Waals surface area contributed by atoms with Crippen molar-refractivity contribution >= 4 is 5.91 Å². The molecule has 0 unspecified atom stereocenters. The van der Waals surface area contributed by atoms with E-state index >= 15 is 0 Å². The molecule has 7 heteroatoms. The largest absolute Gasteiger partial charge is 0.383 e. The van der Waals surface area contributed by atoms with E-state index in [2.05, 4.69) is 11.9 Å². The highest BCUT2D eigenvalue weighted by atomic mass is 19.1. The maximum Gasteiger partial charge on any atom is 0.277 e. The molecule has 0 aromatic heterocycles. The normalized spacial score (nSPS) is 11.9. The van der Waals surface area contributed by atoms with E-state index in [1.54, 1.807) is 13.3 Å². The summed E-state index contributed by atoms with van der Waals surface area (Å²) in [6.07, 6.45) is 1.77. The number of amides is 1. The van der Waals surface area contributed by atoms with Gasteiger partial charge in [-0.05, 0) is 36.9 Å². The molecule has 6 nitrogen and oxygen atoms in total. The molecular formula is C18H28FN3O3. The highest BCUT2D eigenvalue weighted by molar-refractivity contribution is 5.94. The van der Waals surface area contributed by atoms with Crippen LogP contribution in [-0.4, -0.2) is 62.9 Å². The molecule has 0 aliphatic rings. The van der Waals surface area contributed by atoms with Gasteiger partial charge >= 0.3 is 0 Å². The van der Waals surface area contributed by atoms with Crippen molar-refractivity contribution in [3.63, 3.8) is 0 Å². The average Bonchev–Trinajstić information content (AvgIpc) is 2.62. The standard InChI is InChI=1S/C18H28FN3O3/c1-6-22(7-2)12-16(13-24-4)20-11-14-10-15(19)8-9-17(14)18(23)21(3)25-5/h6,8-10,16,20H,1,7,11-13H2,2-5H3/t16-/m1/s1. The lowest BCUT2D eigenvalue weighted by molar-refractivity contribution is -0.0757. The van der Waals surface area contributed by atoms with Crippen molar-refractivity contribution in [3.05, 3.63) is 47.9 Å². The molecule has 0 saturated heterocycles. The van der Waals surface area contributed by atoms with E-state index < -0.39 is 5.82 Å². The van der Waals surface area contributed by atoms with Gasteiger partial charge in [-0.2, -0.15) is 0 Å². The Morgan fingerprint density at radius 1 is 1.44 bits per heavy atom. The summed E-state index contributed by atoms with van der Waals surface area (Å²) in [6.45, 7) is 8.17. The Morgan fingerprint density at radius 2 is 2.16 bits per heavy atom. The van der Waals surface area contributed by atoms with Crippen molar-refractivity contribution in [3.8, 4) is 0 Å². The first-order chi connectivity index (χ1) is 12.0. The maximum atomic E-state index is 13.7. The van der Waals surface area contributed by atoms with E-state index in [-0.39, 0.29) is 11.9 Å². The van der Waals surface area contributed by atoms with Gasteiger partial charge < -0.3 is 15.0 Å². The second kappa shape index (κ2) is 10.8. The van der Waals surface area contributed by atoms with Crippen LogP contribution in [-0.2, 0) is 16.1 Å². The van der Waals surface area contributed by atoms with Crippen molar-refractivity contribution in [1.82, 2.24) is 15.3 Å². The highest BCUT2D eigenvalue weighted by Crippen LogP contribution is 2.14. The van der Waals surface area contributed by atoms with Gasteiger partial charge in [0.25, 0.3) is 5.91 Å². The lowest BCUT2D eigenvalue weighted by atomic mass is 10.1. The Balaban J connectivity index is 2.90. The molecule has 0 radical (unpaired) electrons. The number of ether oxygens (including phenoxy) is 1. The number of likely N-dealkylation sites (N-methyl/N-ethyl adjacent to an activating group) is 1. The van der Waals surface area contributed by atoms with Crippen LogP contribution >= 0.6 is 0 Å². The second-order valence-electron chi connectivity index (χ2n) is 5.59. The predicted molar refractivity (Wildman–Crippen MR) is 95.5 cm³/mol. The molecule has 0 spiro atoms. The first-order valence-electron chi connectivity index (χ1n) is 8.16. The van der Waals surface area contributed by atoms with Crippen LogP contribution in [0.15, 0.2) is 31.0 Å². The monoisotopic (exact) mass is 353 g/mol.